The van der Waals surface area contributed by atoms with E-state index in [2.05, 4.69) is 24.0 Å². The Balaban J connectivity index is 1.78. The normalized spacial score (nSPS) is 14.0. The number of aryl methyl sites for hydroxylation is 1. The van der Waals surface area contributed by atoms with Crippen molar-refractivity contribution in [2.45, 2.75) is 39.2 Å². The maximum Gasteiger partial charge on any atom is 0.293 e. The van der Waals surface area contributed by atoms with E-state index in [1.165, 1.54) is 11.6 Å². The molecule has 0 aliphatic carbocycles. The van der Waals surface area contributed by atoms with Gasteiger partial charge in [-0.1, -0.05) is 31.2 Å². The van der Waals surface area contributed by atoms with Gasteiger partial charge in [-0.25, -0.2) is 0 Å². The van der Waals surface area contributed by atoms with Crippen LogP contribution in [0.15, 0.2) is 42.5 Å². The number of benzene rings is 2. The molecular weight excluding hydrogens is 354 g/mol. The van der Waals surface area contributed by atoms with Gasteiger partial charge < -0.3 is 9.80 Å². The molecule has 6 nitrogen and oxygen atoms in total. The summed E-state index contributed by atoms with van der Waals surface area (Å²) in [4.78, 5) is 27.7. The Labute approximate surface area is 165 Å². The van der Waals surface area contributed by atoms with Gasteiger partial charge >= 0.3 is 0 Å². The highest BCUT2D eigenvalue weighted by Gasteiger charge is 2.24. The fourth-order valence-electron chi connectivity index (χ4n) is 3.65. The molecule has 28 heavy (non-hydrogen) atoms. The van der Waals surface area contributed by atoms with Crippen molar-refractivity contribution in [1.82, 2.24) is 4.90 Å². The summed E-state index contributed by atoms with van der Waals surface area (Å²) in [5, 5.41) is 11.6. The number of nitrogens with zero attached hydrogens (tertiary/aromatic N) is 3. The van der Waals surface area contributed by atoms with Gasteiger partial charge in [0.15, 0.2) is 0 Å². The van der Waals surface area contributed by atoms with Crippen LogP contribution in [0.3, 0.4) is 0 Å². The van der Waals surface area contributed by atoms with Crippen LogP contribution in [0.25, 0.3) is 0 Å². The van der Waals surface area contributed by atoms with Crippen molar-refractivity contribution in [3.05, 3.63) is 69.3 Å². The van der Waals surface area contributed by atoms with Crippen molar-refractivity contribution < 1.29 is 9.72 Å². The van der Waals surface area contributed by atoms with Crippen LogP contribution in [-0.4, -0.2) is 35.9 Å². The molecule has 2 aromatic rings. The highest BCUT2D eigenvalue weighted by atomic mass is 16.6. The monoisotopic (exact) mass is 381 g/mol. The molecule has 6 heteroatoms. The smallest absolute Gasteiger partial charge is 0.293 e. The predicted molar refractivity (Wildman–Crippen MR) is 111 cm³/mol. The number of rotatable bonds is 6. The van der Waals surface area contributed by atoms with Gasteiger partial charge in [0.2, 0.25) is 0 Å². The summed E-state index contributed by atoms with van der Waals surface area (Å²) in [6.45, 7) is 4.21. The van der Waals surface area contributed by atoms with Crippen LogP contribution in [0.1, 0.15) is 47.7 Å². The number of carbonyl (C=O) groups excluding carboxylic acids is 1. The van der Waals surface area contributed by atoms with Crippen molar-refractivity contribution in [1.29, 1.82) is 0 Å². The standard InChI is InChI=1S/C22H27N3O3/c1-3-17-7-9-18(10-8-17)16-23(2)22(26)19-11-12-20(21(15-19)25(27)28)24-13-5-4-6-14-24/h7-12,15H,3-6,13-14,16H2,1-2H3. The lowest BCUT2D eigenvalue weighted by atomic mass is 10.1. The van der Waals surface area contributed by atoms with E-state index < -0.39 is 0 Å². The minimum absolute atomic E-state index is 0.00782. The molecule has 0 spiro atoms. The first-order valence-corrected chi connectivity index (χ1v) is 9.86. The van der Waals surface area contributed by atoms with Gasteiger partial charge in [-0.2, -0.15) is 0 Å². The molecule has 1 saturated heterocycles. The summed E-state index contributed by atoms with van der Waals surface area (Å²) in [7, 11) is 1.72. The molecule has 2 aromatic carbocycles. The third-order valence-corrected chi connectivity index (χ3v) is 5.31. The summed E-state index contributed by atoms with van der Waals surface area (Å²) in [6, 6.07) is 13.0. The number of nitro benzene ring substituents is 1. The first kappa shape index (κ1) is 19.9. The molecule has 1 aliphatic rings. The SMILES string of the molecule is CCc1ccc(CN(C)C(=O)c2ccc(N3CCCCC3)c([N+](=O)[O-])c2)cc1. The molecule has 0 aromatic heterocycles. The van der Waals surface area contributed by atoms with Crippen molar-refractivity contribution in [3.8, 4) is 0 Å². The van der Waals surface area contributed by atoms with Gasteiger partial charge in [-0.15, -0.1) is 0 Å². The molecule has 0 radical (unpaired) electrons. The largest absolute Gasteiger partial charge is 0.366 e. The third-order valence-electron chi connectivity index (χ3n) is 5.31. The Bertz CT molecular complexity index is 843. The second-order valence-electron chi connectivity index (χ2n) is 7.34. The van der Waals surface area contributed by atoms with Crippen LogP contribution in [0.5, 0.6) is 0 Å². The van der Waals surface area contributed by atoms with Crippen LogP contribution < -0.4 is 4.90 Å². The highest BCUT2D eigenvalue weighted by Crippen LogP contribution is 2.31. The molecule has 0 unspecified atom stereocenters. The number of hydrogen-bond donors (Lipinski definition) is 0. The van der Waals surface area contributed by atoms with E-state index in [0.717, 1.165) is 44.3 Å². The van der Waals surface area contributed by atoms with E-state index in [4.69, 9.17) is 0 Å². The van der Waals surface area contributed by atoms with E-state index >= 15 is 0 Å². The Morgan fingerprint density at radius 1 is 1.07 bits per heavy atom. The topological polar surface area (TPSA) is 66.7 Å². The van der Waals surface area contributed by atoms with Gasteiger partial charge in [0.1, 0.15) is 5.69 Å². The van der Waals surface area contributed by atoms with Gasteiger partial charge in [0.25, 0.3) is 11.6 Å². The van der Waals surface area contributed by atoms with E-state index in [9.17, 15) is 14.9 Å². The average Bonchev–Trinajstić information content (AvgIpc) is 2.73. The zero-order valence-electron chi connectivity index (χ0n) is 16.6. The minimum atomic E-state index is -0.385. The molecule has 148 valence electrons. The third kappa shape index (κ3) is 4.50. The summed E-state index contributed by atoms with van der Waals surface area (Å²) < 4.78 is 0. The van der Waals surface area contributed by atoms with E-state index in [1.807, 2.05) is 12.1 Å². The van der Waals surface area contributed by atoms with Gasteiger partial charge in [-0.05, 0) is 48.9 Å². The van der Waals surface area contributed by atoms with Crippen molar-refractivity contribution in [3.63, 3.8) is 0 Å². The minimum Gasteiger partial charge on any atom is -0.366 e. The molecule has 1 amide bonds. The van der Waals surface area contributed by atoms with Crippen LogP contribution >= 0.6 is 0 Å². The highest BCUT2D eigenvalue weighted by molar-refractivity contribution is 5.95. The number of amides is 1. The molecule has 1 aliphatic heterocycles. The Morgan fingerprint density at radius 3 is 2.32 bits per heavy atom. The second-order valence-corrected chi connectivity index (χ2v) is 7.34. The number of carbonyl (C=O) groups is 1. The maximum absolute atomic E-state index is 12.8. The molecule has 0 saturated carbocycles. The summed E-state index contributed by atoms with van der Waals surface area (Å²) in [5.41, 5.74) is 3.25. The van der Waals surface area contributed by atoms with E-state index in [0.29, 0.717) is 17.8 Å². The van der Waals surface area contributed by atoms with Crippen molar-refractivity contribution >= 4 is 17.3 Å². The van der Waals surface area contributed by atoms with Crippen LogP contribution in [0.4, 0.5) is 11.4 Å². The lowest BCUT2D eigenvalue weighted by Gasteiger charge is -2.28. The number of nitro groups is 1. The fraction of sp³-hybridized carbons (Fsp3) is 0.409. The average molecular weight is 381 g/mol. The maximum atomic E-state index is 12.8. The van der Waals surface area contributed by atoms with Crippen molar-refractivity contribution in [2.24, 2.45) is 0 Å². The Hall–Kier alpha value is -2.89. The van der Waals surface area contributed by atoms with Gasteiger partial charge in [0, 0.05) is 38.3 Å². The predicted octanol–water partition coefficient (Wildman–Crippen LogP) is 4.42. The lowest BCUT2D eigenvalue weighted by molar-refractivity contribution is -0.384. The molecule has 0 bridgehead atoms. The first-order chi connectivity index (χ1) is 13.5. The number of anilines is 1. The van der Waals surface area contributed by atoms with E-state index in [-0.39, 0.29) is 16.5 Å². The zero-order chi connectivity index (χ0) is 20.1. The molecule has 0 atom stereocenters. The molecule has 1 heterocycles. The lowest BCUT2D eigenvalue weighted by Crippen LogP contribution is -2.30. The Kier molecular flexibility index (Phi) is 6.29. The molecule has 0 N–H and O–H groups in total. The number of hydrogen-bond acceptors (Lipinski definition) is 4. The van der Waals surface area contributed by atoms with Gasteiger partial charge in [0.05, 0.1) is 4.92 Å². The fourth-order valence-corrected chi connectivity index (χ4v) is 3.65. The van der Waals surface area contributed by atoms with Crippen LogP contribution in [-0.2, 0) is 13.0 Å². The summed E-state index contributed by atoms with van der Waals surface area (Å²) in [5.74, 6) is -0.215. The zero-order valence-corrected chi connectivity index (χ0v) is 16.6. The summed E-state index contributed by atoms with van der Waals surface area (Å²) in [6.07, 6.45) is 4.21. The summed E-state index contributed by atoms with van der Waals surface area (Å²) >= 11 is 0. The molecule has 1 fully saturated rings. The Morgan fingerprint density at radius 2 is 1.71 bits per heavy atom. The first-order valence-electron chi connectivity index (χ1n) is 9.86. The van der Waals surface area contributed by atoms with Crippen LogP contribution in [0, 0.1) is 10.1 Å². The van der Waals surface area contributed by atoms with Crippen LogP contribution in [0.2, 0.25) is 0 Å². The molecular formula is C22H27N3O3. The van der Waals surface area contributed by atoms with Crippen molar-refractivity contribution in [2.75, 3.05) is 25.0 Å². The van der Waals surface area contributed by atoms with Gasteiger partial charge in [-0.3, -0.25) is 14.9 Å². The second kappa shape index (κ2) is 8.87. The molecule has 3 rings (SSSR count). The quantitative estimate of drug-likeness (QED) is 0.549. The number of piperidine rings is 1. The van der Waals surface area contributed by atoms with E-state index in [1.54, 1.807) is 24.1 Å².